The van der Waals surface area contributed by atoms with Crippen LogP contribution in [0.5, 0.6) is 0 Å². The van der Waals surface area contributed by atoms with Gasteiger partial charge in [0, 0.05) is 29.4 Å². The number of urea groups is 1. The summed E-state index contributed by atoms with van der Waals surface area (Å²) >= 11 is 0. The zero-order chi connectivity index (χ0) is 20.4. The lowest BCUT2D eigenvalue weighted by molar-refractivity contribution is 0.0577. The standard InChI is InChI=1S/C24H29N3O2/c1-16-6-3-8-18(12-16)23(28)25-20-14-21-10-5-11-22(15-20)27(21)24(29)26-19-9-4-7-17(2)13-19/h3-4,6-9,12-13,20-22H,5,10-11,14-15H2,1-2H3,(H,25,28)(H,26,29)/t21-,22-/m1/s1. The van der Waals surface area contributed by atoms with E-state index in [-0.39, 0.29) is 30.1 Å². The number of anilines is 1. The Bertz CT molecular complexity index is 897. The Labute approximate surface area is 172 Å². The number of nitrogens with one attached hydrogen (secondary N) is 2. The average Bonchev–Trinajstić information content (AvgIpc) is 2.67. The maximum Gasteiger partial charge on any atom is 0.322 e. The van der Waals surface area contributed by atoms with Crippen LogP contribution >= 0.6 is 0 Å². The third kappa shape index (κ3) is 4.44. The fraction of sp³-hybridized carbons (Fsp3) is 0.417. The second-order valence-electron chi connectivity index (χ2n) is 8.46. The molecule has 5 nitrogen and oxygen atoms in total. The van der Waals surface area contributed by atoms with Gasteiger partial charge in [-0.25, -0.2) is 4.79 Å². The Morgan fingerprint density at radius 3 is 2.24 bits per heavy atom. The van der Waals surface area contributed by atoms with Gasteiger partial charge in [0.05, 0.1) is 0 Å². The molecule has 0 spiro atoms. The van der Waals surface area contributed by atoms with Crippen molar-refractivity contribution >= 4 is 17.6 Å². The molecule has 5 heteroatoms. The van der Waals surface area contributed by atoms with Crippen LogP contribution < -0.4 is 10.6 Å². The van der Waals surface area contributed by atoms with Gasteiger partial charge in [0.25, 0.3) is 5.91 Å². The minimum absolute atomic E-state index is 0.0190. The van der Waals surface area contributed by atoms with E-state index in [4.69, 9.17) is 0 Å². The molecule has 2 atom stereocenters. The molecule has 2 bridgehead atoms. The molecule has 2 saturated heterocycles. The molecule has 3 amide bonds. The summed E-state index contributed by atoms with van der Waals surface area (Å²) in [6.07, 6.45) is 4.76. The fourth-order valence-corrected chi connectivity index (χ4v) is 4.80. The van der Waals surface area contributed by atoms with E-state index in [0.29, 0.717) is 5.56 Å². The van der Waals surface area contributed by atoms with E-state index < -0.39 is 0 Å². The first-order chi connectivity index (χ1) is 14.0. The summed E-state index contributed by atoms with van der Waals surface area (Å²) in [7, 11) is 0. The molecular weight excluding hydrogens is 362 g/mol. The Kier molecular flexibility index (Phi) is 5.56. The van der Waals surface area contributed by atoms with Crippen molar-refractivity contribution in [2.24, 2.45) is 0 Å². The monoisotopic (exact) mass is 391 g/mol. The molecule has 2 aliphatic heterocycles. The van der Waals surface area contributed by atoms with E-state index in [2.05, 4.69) is 10.6 Å². The highest BCUT2D eigenvalue weighted by Crippen LogP contribution is 2.34. The van der Waals surface area contributed by atoms with Crippen LogP contribution in [0.3, 0.4) is 0 Å². The number of carbonyl (C=O) groups excluding carboxylic acids is 2. The van der Waals surface area contributed by atoms with Crippen LogP contribution in [-0.2, 0) is 0 Å². The maximum atomic E-state index is 13.0. The van der Waals surface area contributed by atoms with Gasteiger partial charge in [0.15, 0.2) is 0 Å². The number of hydrogen-bond acceptors (Lipinski definition) is 2. The summed E-state index contributed by atoms with van der Waals surface area (Å²) in [5.74, 6) is -0.0190. The highest BCUT2D eigenvalue weighted by molar-refractivity contribution is 5.94. The fourth-order valence-electron chi connectivity index (χ4n) is 4.80. The molecule has 2 aromatic carbocycles. The minimum atomic E-state index is -0.0197. The van der Waals surface area contributed by atoms with Crippen molar-refractivity contribution < 1.29 is 9.59 Å². The summed E-state index contributed by atoms with van der Waals surface area (Å²) < 4.78 is 0. The number of piperidine rings is 2. The van der Waals surface area contributed by atoms with Gasteiger partial charge in [0.2, 0.25) is 0 Å². The van der Waals surface area contributed by atoms with Crippen LogP contribution in [0.4, 0.5) is 10.5 Å². The second kappa shape index (κ2) is 8.27. The number of fused-ring (bicyclic) bond motifs is 2. The summed E-state index contributed by atoms with van der Waals surface area (Å²) in [6, 6.07) is 16.0. The Balaban J connectivity index is 1.42. The van der Waals surface area contributed by atoms with Crippen molar-refractivity contribution in [1.82, 2.24) is 10.2 Å². The third-order valence-electron chi connectivity index (χ3n) is 6.09. The molecule has 0 radical (unpaired) electrons. The van der Waals surface area contributed by atoms with Crippen LogP contribution in [0.25, 0.3) is 0 Å². The Hall–Kier alpha value is -2.82. The topological polar surface area (TPSA) is 61.4 Å². The van der Waals surface area contributed by atoms with E-state index in [9.17, 15) is 9.59 Å². The van der Waals surface area contributed by atoms with E-state index in [0.717, 1.165) is 48.9 Å². The molecule has 2 fully saturated rings. The van der Waals surface area contributed by atoms with Gasteiger partial charge in [-0.3, -0.25) is 4.79 Å². The number of benzene rings is 2. The lowest BCUT2D eigenvalue weighted by Gasteiger charge is -2.48. The summed E-state index contributed by atoms with van der Waals surface area (Å²) in [5, 5.41) is 6.28. The molecule has 152 valence electrons. The van der Waals surface area contributed by atoms with Gasteiger partial charge in [0.1, 0.15) is 0 Å². The zero-order valence-electron chi connectivity index (χ0n) is 17.2. The molecule has 0 aromatic heterocycles. The number of carbonyl (C=O) groups is 2. The van der Waals surface area contributed by atoms with E-state index >= 15 is 0 Å². The zero-order valence-corrected chi connectivity index (χ0v) is 17.2. The molecule has 2 aliphatic rings. The molecule has 0 aliphatic carbocycles. The molecule has 0 saturated carbocycles. The van der Waals surface area contributed by atoms with Crippen molar-refractivity contribution in [1.29, 1.82) is 0 Å². The normalized spacial score (nSPS) is 23.4. The average molecular weight is 392 g/mol. The third-order valence-corrected chi connectivity index (χ3v) is 6.09. The maximum absolute atomic E-state index is 13.0. The van der Waals surface area contributed by atoms with E-state index in [1.54, 1.807) is 0 Å². The number of amides is 3. The number of hydrogen-bond donors (Lipinski definition) is 2. The van der Waals surface area contributed by atoms with Crippen LogP contribution in [0.2, 0.25) is 0 Å². The SMILES string of the molecule is Cc1cccc(NC(=O)N2[C@@H]3CCC[C@@H]2CC(NC(=O)c2cccc(C)c2)C3)c1. The molecule has 2 aromatic rings. The lowest BCUT2D eigenvalue weighted by Crippen LogP contribution is -2.59. The summed E-state index contributed by atoms with van der Waals surface area (Å²) in [4.78, 5) is 27.7. The van der Waals surface area contributed by atoms with Crippen LogP contribution in [0, 0.1) is 13.8 Å². The van der Waals surface area contributed by atoms with E-state index in [1.807, 2.05) is 67.3 Å². The molecule has 2 heterocycles. The Morgan fingerprint density at radius 2 is 1.59 bits per heavy atom. The molecule has 2 N–H and O–H groups in total. The summed E-state index contributed by atoms with van der Waals surface area (Å²) in [5.41, 5.74) is 3.75. The van der Waals surface area contributed by atoms with Crippen LogP contribution in [0.15, 0.2) is 48.5 Å². The van der Waals surface area contributed by atoms with Gasteiger partial charge in [-0.15, -0.1) is 0 Å². The highest BCUT2D eigenvalue weighted by Gasteiger charge is 2.41. The predicted octanol–water partition coefficient (Wildman–Crippen LogP) is 4.65. The van der Waals surface area contributed by atoms with Crippen molar-refractivity contribution in [2.75, 3.05) is 5.32 Å². The second-order valence-corrected chi connectivity index (χ2v) is 8.46. The number of rotatable bonds is 3. The van der Waals surface area contributed by atoms with Crippen LogP contribution in [-0.4, -0.2) is 35.0 Å². The van der Waals surface area contributed by atoms with Crippen molar-refractivity contribution in [3.05, 3.63) is 65.2 Å². The predicted molar refractivity (Wildman–Crippen MR) is 115 cm³/mol. The minimum Gasteiger partial charge on any atom is -0.349 e. The van der Waals surface area contributed by atoms with Crippen molar-refractivity contribution in [2.45, 2.75) is 64.1 Å². The molecule has 29 heavy (non-hydrogen) atoms. The largest absolute Gasteiger partial charge is 0.349 e. The number of aryl methyl sites for hydroxylation is 2. The lowest BCUT2D eigenvalue weighted by atomic mass is 9.82. The first-order valence-electron chi connectivity index (χ1n) is 10.5. The van der Waals surface area contributed by atoms with Gasteiger partial charge in [-0.2, -0.15) is 0 Å². The van der Waals surface area contributed by atoms with Gasteiger partial charge in [-0.1, -0.05) is 29.8 Å². The Morgan fingerprint density at radius 1 is 0.931 bits per heavy atom. The van der Waals surface area contributed by atoms with Gasteiger partial charge >= 0.3 is 6.03 Å². The van der Waals surface area contributed by atoms with Crippen LogP contribution in [0.1, 0.15) is 53.6 Å². The molecule has 4 rings (SSSR count). The summed E-state index contributed by atoms with van der Waals surface area (Å²) in [6.45, 7) is 4.01. The van der Waals surface area contributed by atoms with E-state index in [1.165, 1.54) is 0 Å². The molecular formula is C24H29N3O2. The van der Waals surface area contributed by atoms with Crippen molar-refractivity contribution in [3.63, 3.8) is 0 Å². The quantitative estimate of drug-likeness (QED) is 0.800. The smallest absolute Gasteiger partial charge is 0.322 e. The number of nitrogens with zero attached hydrogens (tertiary/aromatic N) is 1. The molecule has 0 unspecified atom stereocenters. The highest BCUT2D eigenvalue weighted by atomic mass is 16.2. The first-order valence-corrected chi connectivity index (χ1v) is 10.5. The van der Waals surface area contributed by atoms with Gasteiger partial charge in [-0.05, 0) is 75.8 Å². The van der Waals surface area contributed by atoms with Crippen molar-refractivity contribution in [3.8, 4) is 0 Å². The van der Waals surface area contributed by atoms with Gasteiger partial charge < -0.3 is 15.5 Å². The first kappa shape index (κ1) is 19.5.